The molecule has 0 aromatic heterocycles. The number of unbranched alkanes of at least 4 members (excludes halogenated alkanes) is 1. The lowest BCUT2D eigenvalue weighted by molar-refractivity contribution is 0.218. The molecule has 0 heterocycles. The Bertz CT molecular complexity index is 491. The fraction of sp³-hybridized carbons (Fsp3) is 0.846. The van der Waals surface area contributed by atoms with Crippen LogP contribution in [-0.4, -0.2) is 29.4 Å². The van der Waals surface area contributed by atoms with Gasteiger partial charge in [0.15, 0.2) is 0 Å². The van der Waals surface area contributed by atoms with Crippen molar-refractivity contribution in [1.29, 1.82) is 0 Å². The lowest BCUT2D eigenvalue weighted by Crippen LogP contribution is -2.31. The number of alkyl halides is 1. The summed E-state index contributed by atoms with van der Waals surface area (Å²) in [5, 5.41) is 0. The molecule has 1 nitrogen and oxygen atoms in total. The molecule has 0 unspecified atom stereocenters. The highest BCUT2D eigenvalue weighted by Gasteiger charge is 2.24. The molecule has 0 aromatic rings. The Morgan fingerprint density at radius 3 is 1.82 bits per heavy atom. The first-order chi connectivity index (χ1) is 12.7. The second-order valence-corrected chi connectivity index (χ2v) is 11.5. The van der Waals surface area contributed by atoms with Crippen LogP contribution in [0.3, 0.4) is 0 Å². The van der Waals surface area contributed by atoms with Crippen LogP contribution in [0.15, 0.2) is 23.3 Å². The Morgan fingerprint density at radius 1 is 0.786 bits per heavy atom. The summed E-state index contributed by atoms with van der Waals surface area (Å²) in [7, 11) is 0. The van der Waals surface area contributed by atoms with Gasteiger partial charge in [-0.3, -0.25) is 0 Å². The van der Waals surface area contributed by atoms with Crippen LogP contribution in [0.2, 0.25) is 0 Å². The molecule has 0 saturated heterocycles. The van der Waals surface area contributed by atoms with Crippen LogP contribution < -0.4 is 0 Å². The van der Waals surface area contributed by atoms with E-state index in [1.807, 2.05) is 0 Å². The van der Waals surface area contributed by atoms with Crippen LogP contribution >= 0.6 is 11.6 Å². The van der Waals surface area contributed by atoms with E-state index in [0.717, 1.165) is 6.42 Å². The van der Waals surface area contributed by atoms with Crippen LogP contribution in [0.25, 0.3) is 0 Å². The topological polar surface area (TPSA) is 3.24 Å². The van der Waals surface area contributed by atoms with Crippen molar-refractivity contribution in [2.24, 2.45) is 10.8 Å². The lowest BCUT2D eigenvalue weighted by atomic mass is 9.80. The number of allylic oxidation sites excluding steroid dienone is 4. The zero-order valence-electron chi connectivity index (χ0n) is 20.8. The largest absolute Gasteiger partial charge is 0.303 e. The standard InChI is InChI=1S/C26H50ClN/c1-11-13-18-28(19-14-16-24(5,6)22(3)15-12-2)20-17-25(7,8)23(4)21-26(9,10)27/h15,21H,11-14,16-20H2,1-10H3/b22-15+,23-21+. The van der Waals surface area contributed by atoms with E-state index in [-0.39, 0.29) is 10.3 Å². The monoisotopic (exact) mass is 411 g/mol. The van der Waals surface area contributed by atoms with Gasteiger partial charge >= 0.3 is 0 Å². The second kappa shape index (κ2) is 12.4. The van der Waals surface area contributed by atoms with Crippen LogP contribution in [0, 0.1) is 10.8 Å². The smallest absolute Gasteiger partial charge is 0.0572 e. The molecule has 0 fully saturated rings. The van der Waals surface area contributed by atoms with Crippen LogP contribution in [0.5, 0.6) is 0 Å². The van der Waals surface area contributed by atoms with E-state index >= 15 is 0 Å². The average Bonchev–Trinajstić information content (AvgIpc) is 2.55. The summed E-state index contributed by atoms with van der Waals surface area (Å²) >= 11 is 6.43. The van der Waals surface area contributed by atoms with Gasteiger partial charge in [-0.05, 0) is 90.3 Å². The third kappa shape index (κ3) is 11.7. The number of hydrogen-bond acceptors (Lipinski definition) is 1. The summed E-state index contributed by atoms with van der Waals surface area (Å²) in [6, 6.07) is 0. The first-order valence-corrected chi connectivity index (χ1v) is 11.9. The normalized spacial score (nSPS) is 14.9. The number of nitrogens with zero attached hydrogens (tertiary/aromatic N) is 1. The zero-order valence-corrected chi connectivity index (χ0v) is 21.6. The molecule has 0 saturated carbocycles. The number of hydrogen-bond donors (Lipinski definition) is 0. The summed E-state index contributed by atoms with van der Waals surface area (Å²) in [6.45, 7) is 26.3. The van der Waals surface area contributed by atoms with Crippen molar-refractivity contribution in [3.63, 3.8) is 0 Å². The molecule has 0 bridgehead atoms. The number of halogens is 1. The van der Waals surface area contributed by atoms with Crippen molar-refractivity contribution in [2.45, 2.75) is 113 Å². The van der Waals surface area contributed by atoms with Gasteiger partial charge in [-0.25, -0.2) is 0 Å². The Kier molecular flexibility index (Phi) is 12.3. The minimum absolute atomic E-state index is 0.191. The van der Waals surface area contributed by atoms with Crippen LogP contribution in [0.1, 0.15) is 108 Å². The van der Waals surface area contributed by atoms with E-state index in [1.165, 1.54) is 57.3 Å². The van der Waals surface area contributed by atoms with E-state index in [0.29, 0.717) is 5.41 Å². The third-order valence-electron chi connectivity index (χ3n) is 6.36. The Balaban J connectivity index is 4.83. The highest BCUT2D eigenvalue weighted by atomic mass is 35.5. The van der Waals surface area contributed by atoms with E-state index in [4.69, 9.17) is 11.6 Å². The third-order valence-corrected chi connectivity index (χ3v) is 6.47. The van der Waals surface area contributed by atoms with Crippen molar-refractivity contribution in [2.75, 3.05) is 19.6 Å². The van der Waals surface area contributed by atoms with Gasteiger partial charge in [-0.1, -0.05) is 71.3 Å². The van der Waals surface area contributed by atoms with Crippen molar-refractivity contribution >= 4 is 11.6 Å². The Labute approximate surface area is 183 Å². The van der Waals surface area contributed by atoms with Gasteiger partial charge < -0.3 is 4.90 Å². The van der Waals surface area contributed by atoms with Crippen LogP contribution in [0.4, 0.5) is 0 Å². The summed E-state index contributed by atoms with van der Waals surface area (Å²) in [5.41, 5.74) is 3.46. The van der Waals surface area contributed by atoms with E-state index < -0.39 is 0 Å². The van der Waals surface area contributed by atoms with E-state index in [2.05, 4.69) is 86.3 Å². The van der Waals surface area contributed by atoms with Gasteiger partial charge in [0.05, 0.1) is 4.87 Å². The van der Waals surface area contributed by atoms with Crippen molar-refractivity contribution < 1.29 is 0 Å². The maximum Gasteiger partial charge on any atom is 0.0572 e. The predicted molar refractivity (Wildman–Crippen MR) is 130 cm³/mol. The van der Waals surface area contributed by atoms with E-state index in [9.17, 15) is 0 Å². The predicted octanol–water partition coefficient (Wildman–Crippen LogP) is 8.63. The molecule has 0 N–H and O–H groups in total. The SMILES string of the molecule is CC/C=C(\C)C(C)(C)CCCN(CCCC)CCC(C)(C)/C(C)=C/C(C)(C)Cl. The van der Waals surface area contributed by atoms with Crippen molar-refractivity contribution in [3.05, 3.63) is 23.3 Å². The Morgan fingerprint density at radius 2 is 1.32 bits per heavy atom. The highest BCUT2D eigenvalue weighted by molar-refractivity contribution is 6.24. The van der Waals surface area contributed by atoms with Gasteiger partial charge in [-0.2, -0.15) is 0 Å². The molecule has 0 rings (SSSR count). The molecule has 0 aromatic carbocycles. The molecular weight excluding hydrogens is 362 g/mol. The molecule has 0 aliphatic heterocycles. The molecule has 0 spiro atoms. The lowest BCUT2D eigenvalue weighted by Gasteiger charge is -2.32. The maximum absolute atomic E-state index is 6.43. The fourth-order valence-electron chi connectivity index (χ4n) is 3.59. The van der Waals surface area contributed by atoms with Crippen LogP contribution in [-0.2, 0) is 0 Å². The molecule has 0 radical (unpaired) electrons. The first kappa shape index (κ1) is 27.7. The molecule has 0 aliphatic carbocycles. The molecule has 0 atom stereocenters. The van der Waals surface area contributed by atoms with Gasteiger partial charge in [-0.15, -0.1) is 11.6 Å². The van der Waals surface area contributed by atoms with Crippen molar-refractivity contribution in [1.82, 2.24) is 4.90 Å². The molecule has 0 aliphatic rings. The summed E-state index contributed by atoms with van der Waals surface area (Å²) in [4.78, 5) is 2.43. The summed E-state index contributed by atoms with van der Waals surface area (Å²) in [6.07, 6.45) is 12.0. The molecule has 0 amide bonds. The molecule has 28 heavy (non-hydrogen) atoms. The molecular formula is C26H50ClN. The highest BCUT2D eigenvalue weighted by Crippen LogP contribution is 2.34. The molecule has 166 valence electrons. The zero-order chi connectivity index (χ0) is 22.0. The Hall–Kier alpha value is -0.270. The van der Waals surface area contributed by atoms with E-state index in [1.54, 1.807) is 5.57 Å². The van der Waals surface area contributed by atoms with Gasteiger partial charge in [0.1, 0.15) is 0 Å². The summed E-state index contributed by atoms with van der Waals surface area (Å²) < 4.78 is 0. The second-order valence-electron chi connectivity index (χ2n) is 10.5. The first-order valence-electron chi connectivity index (χ1n) is 11.5. The minimum atomic E-state index is -0.265. The van der Waals surface area contributed by atoms with Gasteiger partial charge in [0.25, 0.3) is 0 Å². The molecule has 2 heteroatoms. The quantitative estimate of drug-likeness (QED) is 0.204. The fourth-order valence-corrected chi connectivity index (χ4v) is 3.75. The maximum atomic E-state index is 6.43. The number of rotatable bonds is 14. The van der Waals surface area contributed by atoms with Gasteiger partial charge in [0, 0.05) is 0 Å². The summed E-state index contributed by atoms with van der Waals surface area (Å²) in [5.74, 6) is 0. The van der Waals surface area contributed by atoms with Crippen molar-refractivity contribution in [3.8, 4) is 0 Å². The average molecular weight is 412 g/mol. The minimum Gasteiger partial charge on any atom is -0.303 e. The van der Waals surface area contributed by atoms with Gasteiger partial charge in [0.2, 0.25) is 0 Å².